The van der Waals surface area contributed by atoms with Crippen molar-refractivity contribution < 1.29 is 9.53 Å². The summed E-state index contributed by atoms with van der Waals surface area (Å²) in [5.41, 5.74) is -0.454. The summed E-state index contributed by atoms with van der Waals surface area (Å²) in [5.74, 6) is 0. The molecular weight excluding hydrogens is 298 g/mol. The largest absolute Gasteiger partial charge is 0.444 e. The maximum Gasteiger partial charge on any atom is 0.407 e. The smallest absolute Gasteiger partial charge is 0.407 e. The fourth-order valence-corrected chi connectivity index (χ4v) is 3.57. The molecule has 1 N–H and O–H groups in total. The fraction of sp³-hybridized carbons (Fsp3) is 0.750. The van der Waals surface area contributed by atoms with Gasteiger partial charge in [-0.25, -0.2) is 9.78 Å². The minimum atomic E-state index is -0.454. The number of hydrogen-bond donors (Lipinski definition) is 1. The Hall–Kier alpha value is -1.14. The van der Waals surface area contributed by atoms with Gasteiger partial charge in [0.15, 0.2) is 0 Å². The monoisotopic (exact) mass is 325 g/mol. The first-order valence-corrected chi connectivity index (χ1v) is 8.87. The average Bonchev–Trinajstić information content (AvgIpc) is 2.97. The van der Waals surface area contributed by atoms with Crippen molar-refractivity contribution >= 4 is 17.4 Å². The molecule has 0 aliphatic carbocycles. The van der Waals surface area contributed by atoms with Crippen molar-refractivity contribution in [2.75, 3.05) is 13.1 Å². The molecule has 0 spiro atoms. The molecule has 0 unspecified atom stereocenters. The summed E-state index contributed by atoms with van der Waals surface area (Å²) in [5, 5.41) is 6.08. The molecule has 2 rings (SSSR count). The minimum absolute atomic E-state index is 0.297. The zero-order chi connectivity index (χ0) is 16.2. The van der Waals surface area contributed by atoms with Gasteiger partial charge >= 0.3 is 6.09 Å². The molecule has 1 saturated heterocycles. The number of carbonyl (C=O) groups excluding carboxylic acids is 1. The van der Waals surface area contributed by atoms with Gasteiger partial charge in [0.1, 0.15) is 10.6 Å². The molecule has 6 heteroatoms. The number of aromatic nitrogens is 1. The Morgan fingerprint density at radius 2 is 2.32 bits per heavy atom. The standard InChI is InChI=1S/C16H27N3O2S/c1-12(14-17-8-10-22-14)19-9-6-5-7-13(19)11-18-15(20)21-16(2,3)4/h8,10,12-13H,5-7,9,11H2,1-4H3,(H,18,20)/t12-,13-/m0/s1. The topological polar surface area (TPSA) is 54.5 Å². The van der Waals surface area contributed by atoms with Crippen LogP contribution in [0.4, 0.5) is 4.79 Å². The third-order valence-corrected chi connectivity index (χ3v) is 4.81. The normalized spacial score (nSPS) is 21.4. The van der Waals surface area contributed by atoms with Crippen LogP contribution in [-0.4, -0.2) is 40.7 Å². The number of carbonyl (C=O) groups is 1. The molecular formula is C16H27N3O2S. The van der Waals surface area contributed by atoms with E-state index in [1.165, 1.54) is 12.8 Å². The molecule has 5 nitrogen and oxygen atoms in total. The van der Waals surface area contributed by atoms with E-state index in [1.807, 2.05) is 32.3 Å². The predicted octanol–water partition coefficient (Wildman–Crippen LogP) is 3.58. The van der Waals surface area contributed by atoms with E-state index < -0.39 is 5.60 Å². The second-order valence-corrected chi connectivity index (χ2v) is 7.74. The Kier molecular flexibility index (Phi) is 5.81. The molecule has 0 bridgehead atoms. The van der Waals surface area contributed by atoms with Crippen LogP contribution in [0.2, 0.25) is 0 Å². The van der Waals surface area contributed by atoms with E-state index in [-0.39, 0.29) is 6.09 Å². The lowest BCUT2D eigenvalue weighted by molar-refractivity contribution is 0.0472. The molecule has 1 aliphatic heterocycles. The third-order valence-electron chi connectivity index (χ3n) is 3.86. The second-order valence-electron chi connectivity index (χ2n) is 6.82. The third kappa shape index (κ3) is 4.95. The number of thiazole rings is 1. The highest BCUT2D eigenvalue weighted by atomic mass is 32.1. The molecule has 1 fully saturated rings. The first kappa shape index (κ1) is 17.2. The van der Waals surface area contributed by atoms with Crippen molar-refractivity contribution in [2.45, 2.75) is 64.6 Å². The zero-order valence-electron chi connectivity index (χ0n) is 14.0. The Labute approximate surface area is 137 Å². The maximum atomic E-state index is 11.8. The van der Waals surface area contributed by atoms with E-state index in [1.54, 1.807) is 11.3 Å². The summed E-state index contributed by atoms with van der Waals surface area (Å²) in [6, 6.07) is 0.644. The first-order valence-electron chi connectivity index (χ1n) is 7.99. The van der Waals surface area contributed by atoms with Crippen molar-refractivity contribution in [3.8, 4) is 0 Å². The van der Waals surface area contributed by atoms with Gasteiger partial charge in [-0.05, 0) is 47.1 Å². The molecule has 1 aromatic rings. The van der Waals surface area contributed by atoms with E-state index in [2.05, 4.69) is 22.1 Å². The molecule has 0 radical (unpaired) electrons. The lowest BCUT2D eigenvalue weighted by Gasteiger charge is -2.39. The summed E-state index contributed by atoms with van der Waals surface area (Å²) in [7, 11) is 0. The van der Waals surface area contributed by atoms with Crippen LogP contribution in [0.5, 0.6) is 0 Å². The molecule has 0 aromatic carbocycles. The van der Waals surface area contributed by atoms with Crippen LogP contribution in [-0.2, 0) is 4.74 Å². The Morgan fingerprint density at radius 1 is 1.55 bits per heavy atom. The quantitative estimate of drug-likeness (QED) is 0.919. The number of ether oxygens (including phenoxy) is 1. The summed E-state index contributed by atoms with van der Waals surface area (Å²) in [4.78, 5) is 18.7. The number of nitrogens with zero attached hydrogens (tertiary/aromatic N) is 2. The highest BCUT2D eigenvalue weighted by molar-refractivity contribution is 7.09. The van der Waals surface area contributed by atoms with Crippen LogP contribution in [0.1, 0.15) is 58.0 Å². The lowest BCUT2D eigenvalue weighted by atomic mass is 10.00. The number of rotatable bonds is 4. The molecule has 0 saturated carbocycles. The highest BCUT2D eigenvalue weighted by Gasteiger charge is 2.29. The van der Waals surface area contributed by atoms with Gasteiger partial charge in [-0.3, -0.25) is 4.90 Å². The van der Waals surface area contributed by atoms with E-state index in [0.717, 1.165) is 18.0 Å². The molecule has 1 aromatic heterocycles. The van der Waals surface area contributed by atoms with Crippen molar-refractivity contribution in [3.63, 3.8) is 0 Å². The molecule has 22 heavy (non-hydrogen) atoms. The number of alkyl carbamates (subject to hydrolysis) is 1. The number of hydrogen-bond acceptors (Lipinski definition) is 5. The van der Waals surface area contributed by atoms with Crippen molar-refractivity contribution in [3.05, 3.63) is 16.6 Å². The Morgan fingerprint density at radius 3 is 2.95 bits per heavy atom. The number of nitrogens with one attached hydrogen (secondary N) is 1. The number of amides is 1. The van der Waals surface area contributed by atoms with Crippen LogP contribution in [0.25, 0.3) is 0 Å². The molecule has 1 amide bonds. The van der Waals surface area contributed by atoms with Gasteiger partial charge in [-0.1, -0.05) is 6.42 Å². The van der Waals surface area contributed by atoms with Gasteiger partial charge in [0.2, 0.25) is 0 Å². The van der Waals surface area contributed by atoms with Gasteiger partial charge in [0, 0.05) is 24.2 Å². The van der Waals surface area contributed by atoms with Gasteiger partial charge in [-0.15, -0.1) is 11.3 Å². The van der Waals surface area contributed by atoms with Crippen LogP contribution in [0.15, 0.2) is 11.6 Å². The molecule has 124 valence electrons. The summed E-state index contributed by atoms with van der Waals surface area (Å²) in [6.45, 7) is 9.52. The fourth-order valence-electron chi connectivity index (χ4n) is 2.85. The lowest BCUT2D eigenvalue weighted by Crippen LogP contribution is -2.48. The Bertz CT molecular complexity index is 470. The Balaban J connectivity index is 1.91. The number of piperidine rings is 1. The van der Waals surface area contributed by atoms with E-state index in [4.69, 9.17) is 4.74 Å². The summed E-state index contributed by atoms with van der Waals surface area (Å²) >= 11 is 1.69. The van der Waals surface area contributed by atoms with E-state index in [0.29, 0.717) is 18.6 Å². The van der Waals surface area contributed by atoms with Gasteiger partial charge in [0.05, 0.1) is 6.04 Å². The molecule has 1 aliphatic rings. The highest BCUT2D eigenvalue weighted by Crippen LogP contribution is 2.29. The first-order chi connectivity index (χ1) is 10.4. The minimum Gasteiger partial charge on any atom is -0.444 e. The van der Waals surface area contributed by atoms with Crippen LogP contribution in [0, 0.1) is 0 Å². The average molecular weight is 325 g/mol. The van der Waals surface area contributed by atoms with Crippen molar-refractivity contribution in [2.24, 2.45) is 0 Å². The van der Waals surface area contributed by atoms with E-state index in [9.17, 15) is 4.79 Å². The van der Waals surface area contributed by atoms with Crippen molar-refractivity contribution in [1.82, 2.24) is 15.2 Å². The summed E-state index contributed by atoms with van der Waals surface area (Å²) in [6.07, 6.45) is 5.04. The van der Waals surface area contributed by atoms with E-state index >= 15 is 0 Å². The van der Waals surface area contributed by atoms with Gasteiger partial charge in [-0.2, -0.15) is 0 Å². The van der Waals surface area contributed by atoms with Crippen LogP contribution >= 0.6 is 11.3 Å². The summed E-state index contributed by atoms with van der Waals surface area (Å²) < 4.78 is 5.32. The molecule has 2 heterocycles. The van der Waals surface area contributed by atoms with Crippen molar-refractivity contribution in [1.29, 1.82) is 0 Å². The number of likely N-dealkylation sites (tertiary alicyclic amines) is 1. The van der Waals surface area contributed by atoms with Gasteiger partial charge in [0.25, 0.3) is 0 Å². The van der Waals surface area contributed by atoms with Crippen LogP contribution in [0.3, 0.4) is 0 Å². The maximum absolute atomic E-state index is 11.8. The SMILES string of the molecule is C[C@@H](c1nccs1)N1CCCC[C@H]1CNC(=O)OC(C)(C)C. The van der Waals surface area contributed by atoms with Crippen LogP contribution < -0.4 is 5.32 Å². The van der Waals surface area contributed by atoms with Gasteiger partial charge < -0.3 is 10.1 Å². The second kappa shape index (κ2) is 7.42. The predicted molar refractivity (Wildman–Crippen MR) is 89.1 cm³/mol. The zero-order valence-corrected chi connectivity index (χ0v) is 14.8. The molecule has 2 atom stereocenters.